The van der Waals surface area contributed by atoms with E-state index < -0.39 is 0 Å². The third-order valence-corrected chi connectivity index (χ3v) is 7.45. The molecule has 2 N–H and O–H groups in total. The lowest BCUT2D eigenvalue weighted by Gasteiger charge is -2.42. The van der Waals surface area contributed by atoms with Crippen LogP contribution in [0.15, 0.2) is 29.4 Å². The van der Waals surface area contributed by atoms with Crippen molar-refractivity contribution in [2.45, 2.75) is 51.6 Å². The number of aliphatic imine (C=N–C) groups is 1. The van der Waals surface area contributed by atoms with Crippen LogP contribution in [0.2, 0.25) is 5.02 Å². The van der Waals surface area contributed by atoms with Crippen LogP contribution in [0.5, 0.6) is 0 Å². The number of aromatic nitrogens is 2. The number of halogens is 1. The quantitative estimate of drug-likeness (QED) is 0.837. The standard InChI is InChI=1S/C22H26ClN5/c1-14-4-2-5-15(19(14)23)20-21-16(12-25-20)27-18(13-26-21)28-10-8-22(9-11-28)7-3-6-17(22)24/h2,4-5,13,17H,3,6-12,24H2,1H3/t17-/m1/s1. The lowest BCUT2D eigenvalue weighted by molar-refractivity contribution is 0.197. The Morgan fingerprint density at radius 3 is 2.79 bits per heavy atom. The van der Waals surface area contributed by atoms with Crippen LogP contribution in [0.25, 0.3) is 0 Å². The molecule has 1 saturated heterocycles. The van der Waals surface area contributed by atoms with E-state index in [2.05, 4.69) is 4.90 Å². The molecule has 1 aromatic carbocycles. The van der Waals surface area contributed by atoms with E-state index in [0.717, 1.165) is 65.0 Å². The molecule has 1 aromatic heterocycles. The molecule has 3 aliphatic rings. The summed E-state index contributed by atoms with van der Waals surface area (Å²) < 4.78 is 0. The van der Waals surface area contributed by atoms with Gasteiger partial charge in [0.2, 0.25) is 0 Å². The zero-order valence-corrected chi connectivity index (χ0v) is 17.0. The molecule has 0 bridgehead atoms. The topological polar surface area (TPSA) is 67.4 Å². The first-order valence-corrected chi connectivity index (χ1v) is 10.6. The van der Waals surface area contributed by atoms with Gasteiger partial charge in [-0.15, -0.1) is 0 Å². The molecular formula is C22H26ClN5. The van der Waals surface area contributed by atoms with E-state index >= 15 is 0 Å². The van der Waals surface area contributed by atoms with Crippen molar-refractivity contribution in [1.82, 2.24) is 9.97 Å². The second-order valence-corrected chi connectivity index (χ2v) is 8.85. The summed E-state index contributed by atoms with van der Waals surface area (Å²) in [4.78, 5) is 16.7. The van der Waals surface area contributed by atoms with E-state index in [1.165, 1.54) is 19.3 Å². The van der Waals surface area contributed by atoms with Gasteiger partial charge in [0.05, 0.1) is 29.2 Å². The van der Waals surface area contributed by atoms with Crippen LogP contribution < -0.4 is 10.6 Å². The van der Waals surface area contributed by atoms with Crippen molar-refractivity contribution in [3.05, 3.63) is 51.9 Å². The van der Waals surface area contributed by atoms with Crippen LogP contribution in [0.4, 0.5) is 5.82 Å². The minimum atomic E-state index is 0.360. The summed E-state index contributed by atoms with van der Waals surface area (Å²) in [5.74, 6) is 0.965. The molecule has 2 fully saturated rings. The molecule has 5 rings (SSSR count). The van der Waals surface area contributed by atoms with Gasteiger partial charge < -0.3 is 10.6 Å². The molecule has 3 heterocycles. The third-order valence-electron chi connectivity index (χ3n) is 6.95. The predicted octanol–water partition coefficient (Wildman–Crippen LogP) is 3.89. The second kappa shape index (κ2) is 6.82. The Labute approximate surface area is 171 Å². The van der Waals surface area contributed by atoms with Gasteiger partial charge in [-0.3, -0.25) is 4.99 Å². The van der Waals surface area contributed by atoms with Crippen molar-refractivity contribution < 1.29 is 0 Å². The van der Waals surface area contributed by atoms with Crippen molar-refractivity contribution >= 4 is 23.1 Å². The van der Waals surface area contributed by atoms with Gasteiger partial charge in [-0.1, -0.05) is 36.2 Å². The summed E-state index contributed by atoms with van der Waals surface area (Å²) in [6, 6.07) is 6.40. The molecule has 0 amide bonds. The van der Waals surface area contributed by atoms with Crippen LogP contribution in [0.1, 0.15) is 54.6 Å². The maximum Gasteiger partial charge on any atom is 0.147 e. The van der Waals surface area contributed by atoms with Crippen LogP contribution in [0.3, 0.4) is 0 Å². The molecule has 0 unspecified atom stereocenters. The largest absolute Gasteiger partial charge is 0.355 e. The van der Waals surface area contributed by atoms with Gasteiger partial charge in [0.25, 0.3) is 0 Å². The Balaban J connectivity index is 1.36. The molecule has 6 heteroatoms. The Kier molecular flexibility index (Phi) is 4.40. The smallest absolute Gasteiger partial charge is 0.147 e. The van der Waals surface area contributed by atoms with Gasteiger partial charge in [0.15, 0.2) is 0 Å². The zero-order chi connectivity index (χ0) is 19.3. The van der Waals surface area contributed by atoms with Gasteiger partial charge in [-0.2, -0.15) is 0 Å². The fourth-order valence-electron chi connectivity index (χ4n) is 5.12. The van der Waals surface area contributed by atoms with Crippen molar-refractivity contribution in [2.24, 2.45) is 16.1 Å². The highest BCUT2D eigenvalue weighted by Crippen LogP contribution is 2.45. The molecule has 1 atom stereocenters. The maximum absolute atomic E-state index is 6.52. The fraction of sp³-hybridized carbons (Fsp3) is 0.500. The summed E-state index contributed by atoms with van der Waals surface area (Å²) >= 11 is 6.52. The number of nitrogens with two attached hydrogens (primary N) is 1. The summed E-state index contributed by atoms with van der Waals surface area (Å²) in [7, 11) is 0. The SMILES string of the molecule is Cc1cccc(C2=NCc3nc(N4CCC5(CCC[C@H]5N)CC4)cnc32)c1Cl. The Bertz CT molecular complexity index is 946. The van der Waals surface area contributed by atoms with E-state index in [9.17, 15) is 0 Å². The highest BCUT2D eigenvalue weighted by molar-refractivity contribution is 6.36. The molecule has 1 spiro atoms. The number of aryl methyl sites for hydroxylation is 1. The number of nitrogens with zero attached hydrogens (tertiary/aromatic N) is 4. The lowest BCUT2D eigenvalue weighted by Crippen LogP contribution is -2.47. The molecule has 146 valence electrons. The normalized spacial score (nSPS) is 23.2. The third kappa shape index (κ3) is 2.83. The van der Waals surface area contributed by atoms with Gasteiger partial charge >= 0.3 is 0 Å². The monoisotopic (exact) mass is 395 g/mol. The fourth-order valence-corrected chi connectivity index (χ4v) is 5.33. The minimum Gasteiger partial charge on any atom is -0.355 e. The van der Waals surface area contributed by atoms with E-state index in [1.807, 2.05) is 31.3 Å². The van der Waals surface area contributed by atoms with Gasteiger partial charge in [0.1, 0.15) is 11.5 Å². The Morgan fingerprint density at radius 1 is 1.21 bits per heavy atom. The van der Waals surface area contributed by atoms with Gasteiger partial charge in [-0.25, -0.2) is 9.97 Å². The average Bonchev–Trinajstić information content (AvgIpc) is 3.28. The molecule has 2 aromatic rings. The predicted molar refractivity (Wildman–Crippen MR) is 113 cm³/mol. The zero-order valence-electron chi connectivity index (χ0n) is 16.3. The van der Waals surface area contributed by atoms with Gasteiger partial charge in [0, 0.05) is 24.7 Å². The molecule has 2 aliphatic heterocycles. The summed E-state index contributed by atoms with van der Waals surface area (Å²) in [5.41, 5.74) is 11.4. The molecule has 0 radical (unpaired) electrons. The first-order chi connectivity index (χ1) is 13.6. The number of piperidine rings is 1. The van der Waals surface area contributed by atoms with Crippen LogP contribution in [-0.2, 0) is 6.54 Å². The average molecular weight is 396 g/mol. The van der Waals surface area contributed by atoms with Crippen LogP contribution in [0, 0.1) is 12.3 Å². The first-order valence-electron chi connectivity index (χ1n) is 10.2. The number of hydrogen-bond donors (Lipinski definition) is 1. The highest BCUT2D eigenvalue weighted by Gasteiger charge is 2.43. The second-order valence-electron chi connectivity index (χ2n) is 8.47. The molecular weight excluding hydrogens is 370 g/mol. The molecule has 1 aliphatic carbocycles. The van der Waals surface area contributed by atoms with Crippen molar-refractivity contribution in [3.8, 4) is 0 Å². The highest BCUT2D eigenvalue weighted by atomic mass is 35.5. The summed E-state index contributed by atoms with van der Waals surface area (Å²) in [5, 5.41) is 0.745. The minimum absolute atomic E-state index is 0.360. The first kappa shape index (κ1) is 18.1. The maximum atomic E-state index is 6.52. The lowest BCUT2D eigenvalue weighted by atomic mass is 9.74. The number of rotatable bonds is 2. The number of hydrogen-bond acceptors (Lipinski definition) is 5. The van der Waals surface area contributed by atoms with Crippen LogP contribution in [-0.4, -0.2) is 34.8 Å². The number of fused-ring (bicyclic) bond motifs is 1. The van der Waals surface area contributed by atoms with E-state index in [4.69, 9.17) is 32.3 Å². The molecule has 5 nitrogen and oxygen atoms in total. The van der Waals surface area contributed by atoms with Crippen molar-refractivity contribution in [2.75, 3.05) is 18.0 Å². The number of anilines is 1. The number of benzene rings is 1. The van der Waals surface area contributed by atoms with Crippen LogP contribution >= 0.6 is 11.6 Å². The molecule has 28 heavy (non-hydrogen) atoms. The molecule has 1 saturated carbocycles. The van der Waals surface area contributed by atoms with Gasteiger partial charge in [-0.05, 0) is 43.6 Å². The van der Waals surface area contributed by atoms with Crippen molar-refractivity contribution in [1.29, 1.82) is 0 Å². The van der Waals surface area contributed by atoms with E-state index in [1.54, 1.807) is 0 Å². The van der Waals surface area contributed by atoms with Crippen molar-refractivity contribution in [3.63, 3.8) is 0 Å². The Morgan fingerprint density at radius 2 is 2.04 bits per heavy atom. The summed E-state index contributed by atoms with van der Waals surface area (Å²) in [6.45, 7) is 4.60. The van der Waals surface area contributed by atoms with E-state index in [-0.39, 0.29) is 0 Å². The van der Waals surface area contributed by atoms with E-state index in [0.29, 0.717) is 18.0 Å². The summed E-state index contributed by atoms with van der Waals surface area (Å²) in [6.07, 6.45) is 7.96. The Hall–Kier alpha value is -1.98.